The molecule has 1 heterocycles. The third-order valence-corrected chi connectivity index (χ3v) is 4.15. The van der Waals surface area contributed by atoms with Gasteiger partial charge in [-0.25, -0.2) is 4.68 Å². The molecule has 2 amide bonds. The zero-order chi connectivity index (χ0) is 18.5. The van der Waals surface area contributed by atoms with Crippen molar-refractivity contribution in [1.29, 1.82) is 0 Å². The van der Waals surface area contributed by atoms with Crippen LogP contribution in [-0.2, 0) is 6.42 Å². The summed E-state index contributed by atoms with van der Waals surface area (Å²) >= 11 is 0. The number of benzene rings is 1. The van der Waals surface area contributed by atoms with Gasteiger partial charge in [-0.2, -0.15) is 0 Å². The Kier molecular flexibility index (Phi) is 5.62. The number of rotatable bonds is 8. The summed E-state index contributed by atoms with van der Waals surface area (Å²) < 4.78 is 1.65. The second-order valence-corrected chi connectivity index (χ2v) is 6.32. The Bertz CT molecular complexity index is 781. The molecular weight excluding hydrogens is 334 g/mol. The van der Waals surface area contributed by atoms with E-state index in [4.69, 9.17) is 5.11 Å². The van der Waals surface area contributed by atoms with E-state index in [1.54, 1.807) is 28.9 Å². The maximum Gasteiger partial charge on any atom is 0.273 e. The van der Waals surface area contributed by atoms with E-state index >= 15 is 0 Å². The summed E-state index contributed by atoms with van der Waals surface area (Å²) in [6.45, 7) is 2.15. The fraction of sp³-hybridized carbons (Fsp3) is 0.444. The van der Waals surface area contributed by atoms with Crippen LogP contribution < -0.4 is 10.6 Å². The van der Waals surface area contributed by atoms with Crippen LogP contribution in [0.25, 0.3) is 5.69 Å². The largest absolute Gasteiger partial charge is 0.395 e. The summed E-state index contributed by atoms with van der Waals surface area (Å²) in [6, 6.07) is 7.17. The maximum absolute atomic E-state index is 12.4. The number of amides is 2. The highest BCUT2D eigenvalue weighted by atomic mass is 16.3. The van der Waals surface area contributed by atoms with Gasteiger partial charge in [0.05, 0.1) is 18.0 Å². The first-order valence-corrected chi connectivity index (χ1v) is 8.89. The molecule has 0 saturated heterocycles. The number of aliphatic hydroxyl groups is 1. The fourth-order valence-corrected chi connectivity index (χ4v) is 2.65. The van der Waals surface area contributed by atoms with Gasteiger partial charge in [0.25, 0.3) is 11.8 Å². The van der Waals surface area contributed by atoms with Crippen molar-refractivity contribution in [2.75, 3.05) is 13.2 Å². The van der Waals surface area contributed by atoms with E-state index in [-0.39, 0.29) is 31.0 Å². The van der Waals surface area contributed by atoms with E-state index in [9.17, 15) is 9.59 Å². The predicted molar refractivity (Wildman–Crippen MR) is 95.3 cm³/mol. The van der Waals surface area contributed by atoms with Crippen LogP contribution in [0.5, 0.6) is 0 Å². The fourth-order valence-electron chi connectivity index (χ4n) is 2.65. The van der Waals surface area contributed by atoms with Gasteiger partial charge in [-0.3, -0.25) is 9.59 Å². The molecule has 0 unspecified atom stereocenters. The quantitative estimate of drug-likeness (QED) is 0.648. The molecule has 0 aliphatic heterocycles. The molecule has 0 radical (unpaired) electrons. The average Bonchev–Trinajstić information content (AvgIpc) is 3.37. The number of carbonyl (C=O) groups is 2. The Balaban J connectivity index is 1.82. The molecule has 1 saturated carbocycles. The monoisotopic (exact) mass is 357 g/mol. The topological polar surface area (TPSA) is 109 Å². The maximum atomic E-state index is 12.4. The molecular formula is C18H23N5O3. The molecule has 2 aromatic rings. The second kappa shape index (κ2) is 8.09. The van der Waals surface area contributed by atoms with Crippen molar-refractivity contribution < 1.29 is 14.7 Å². The van der Waals surface area contributed by atoms with Gasteiger partial charge in [-0.1, -0.05) is 18.6 Å². The number of hydrogen-bond acceptors (Lipinski definition) is 5. The average molecular weight is 357 g/mol. The smallest absolute Gasteiger partial charge is 0.273 e. The second-order valence-electron chi connectivity index (χ2n) is 6.32. The van der Waals surface area contributed by atoms with Crippen LogP contribution in [0.1, 0.15) is 52.7 Å². The van der Waals surface area contributed by atoms with Crippen LogP contribution >= 0.6 is 0 Å². The highest BCUT2D eigenvalue weighted by Crippen LogP contribution is 2.21. The van der Waals surface area contributed by atoms with Crippen LogP contribution in [0.3, 0.4) is 0 Å². The molecule has 1 aromatic heterocycles. The van der Waals surface area contributed by atoms with Crippen molar-refractivity contribution in [1.82, 2.24) is 25.6 Å². The minimum atomic E-state index is -0.248. The molecule has 26 heavy (non-hydrogen) atoms. The molecule has 3 N–H and O–H groups in total. The number of carbonyl (C=O) groups excluding carboxylic acids is 2. The van der Waals surface area contributed by atoms with Crippen LogP contribution in [0.2, 0.25) is 0 Å². The molecule has 8 nitrogen and oxygen atoms in total. The van der Waals surface area contributed by atoms with Crippen LogP contribution in [-0.4, -0.2) is 51.1 Å². The highest BCUT2D eigenvalue weighted by Gasteiger charge is 2.27. The molecule has 1 fully saturated rings. The Morgan fingerprint density at radius 2 is 1.96 bits per heavy atom. The van der Waals surface area contributed by atoms with Crippen molar-refractivity contribution in [3.8, 4) is 5.69 Å². The molecule has 138 valence electrons. The molecule has 8 heteroatoms. The molecule has 0 atom stereocenters. The summed E-state index contributed by atoms with van der Waals surface area (Å²) in [7, 11) is 0. The Hall–Kier alpha value is -2.74. The van der Waals surface area contributed by atoms with Crippen LogP contribution in [0, 0.1) is 0 Å². The third-order valence-electron chi connectivity index (χ3n) is 4.15. The standard InChI is InChI=1S/C18H23N5O3/c1-2-3-15-16(18(26)20-13-6-7-13)21-22-23(15)14-8-4-12(5-9-14)17(25)19-10-11-24/h4-5,8-9,13,24H,2-3,6-7,10-11H2,1H3,(H,19,25)(H,20,26). The SMILES string of the molecule is CCCc1c(C(=O)NC2CC2)nnn1-c1ccc(C(=O)NCCO)cc1. The van der Waals surface area contributed by atoms with Crippen molar-refractivity contribution in [3.63, 3.8) is 0 Å². The van der Waals surface area contributed by atoms with Gasteiger partial charge in [0, 0.05) is 18.2 Å². The first-order valence-electron chi connectivity index (χ1n) is 8.89. The lowest BCUT2D eigenvalue weighted by atomic mass is 10.1. The van der Waals surface area contributed by atoms with Gasteiger partial charge in [-0.05, 0) is 43.5 Å². The number of nitrogens with zero attached hydrogens (tertiary/aromatic N) is 3. The molecule has 0 spiro atoms. The summed E-state index contributed by atoms with van der Waals surface area (Å²) in [5.74, 6) is -0.426. The Morgan fingerprint density at radius 1 is 1.23 bits per heavy atom. The van der Waals surface area contributed by atoms with Crippen molar-refractivity contribution in [3.05, 3.63) is 41.2 Å². The minimum absolute atomic E-state index is 0.102. The highest BCUT2D eigenvalue weighted by molar-refractivity contribution is 5.94. The lowest BCUT2D eigenvalue weighted by Crippen LogP contribution is -2.27. The molecule has 3 rings (SSSR count). The van der Waals surface area contributed by atoms with Crippen molar-refractivity contribution in [2.45, 2.75) is 38.6 Å². The van der Waals surface area contributed by atoms with Gasteiger partial charge in [0.2, 0.25) is 0 Å². The molecule has 1 aromatic carbocycles. The first kappa shape index (κ1) is 18.1. The van der Waals surface area contributed by atoms with E-state index in [0.717, 1.165) is 30.6 Å². The van der Waals surface area contributed by atoms with Gasteiger partial charge < -0.3 is 15.7 Å². The van der Waals surface area contributed by atoms with Crippen molar-refractivity contribution in [2.24, 2.45) is 0 Å². The minimum Gasteiger partial charge on any atom is -0.395 e. The van der Waals surface area contributed by atoms with Crippen LogP contribution in [0.4, 0.5) is 0 Å². The van der Waals surface area contributed by atoms with Gasteiger partial charge in [-0.15, -0.1) is 5.10 Å². The summed E-state index contributed by atoms with van der Waals surface area (Å²) in [5, 5.41) is 22.6. The molecule has 0 bridgehead atoms. The Labute approximate surface area is 151 Å². The van der Waals surface area contributed by atoms with Crippen molar-refractivity contribution >= 4 is 11.8 Å². The van der Waals surface area contributed by atoms with E-state index in [0.29, 0.717) is 17.7 Å². The third kappa shape index (κ3) is 4.08. The first-order chi connectivity index (χ1) is 12.6. The zero-order valence-electron chi connectivity index (χ0n) is 14.7. The normalized spacial score (nSPS) is 13.5. The van der Waals surface area contributed by atoms with Crippen LogP contribution in [0.15, 0.2) is 24.3 Å². The molecule has 1 aliphatic rings. The number of aromatic nitrogens is 3. The van der Waals surface area contributed by atoms with Gasteiger partial charge in [0.1, 0.15) is 0 Å². The zero-order valence-corrected chi connectivity index (χ0v) is 14.7. The van der Waals surface area contributed by atoms with E-state index in [1.165, 1.54) is 0 Å². The molecule has 1 aliphatic carbocycles. The summed E-state index contributed by atoms with van der Waals surface area (Å²) in [6.07, 6.45) is 3.57. The summed E-state index contributed by atoms with van der Waals surface area (Å²) in [4.78, 5) is 24.3. The lowest BCUT2D eigenvalue weighted by Gasteiger charge is -2.09. The Morgan fingerprint density at radius 3 is 2.58 bits per heavy atom. The lowest BCUT2D eigenvalue weighted by molar-refractivity contribution is 0.0937. The predicted octanol–water partition coefficient (Wildman–Crippen LogP) is 0.834. The van der Waals surface area contributed by atoms with E-state index < -0.39 is 0 Å². The van der Waals surface area contributed by atoms with Gasteiger partial charge in [0.15, 0.2) is 5.69 Å². The number of aliphatic hydroxyl groups excluding tert-OH is 1. The van der Waals surface area contributed by atoms with E-state index in [1.807, 2.05) is 6.92 Å². The van der Waals surface area contributed by atoms with E-state index in [2.05, 4.69) is 20.9 Å². The summed E-state index contributed by atoms with van der Waals surface area (Å²) in [5.41, 5.74) is 2.36. The van der Waals surface area contributed by atoms with Gasteiger partial charge >= 0.3 is 0 Å². The number of nitrogens with one attached hydrogen (secondary N) is 2. The number of hydrogen-bond donors (Lipinski definition) is 3.